The number of hydrogen-bond acceptors (Lipinski definition) is 2. The zero-order chi connectivity index (χ0) is 13.9. The molecule has 0 amide bonds. The monoisotopic (exact) mass is 256 g/mol. The zero-order valence-corrected chi connectivity index (χ0v) is 10.7. The number of furan rings is 1. The molecule has 3 nitrogen and oxygen atoms in total. The maximum Gasteiger partial charge on any atom is 0.300 e. The SMILES string of the molecule is CC(=O)O.c1ccc2occc2c1.c1ccccc1. The maximum absolute atomic E-state index is 9.00. The fourth-order valence-corrected chi connectivity index (χ4v) is 1.29. The first-order valence-electron chi connectivity index (χ1n) is 5.82. The van der Waals surface area contributed by atoms with Crippen molar-refractivity contribution in [3.05, 3.63) is 73.0 Å². The highest BCUT2D eigenvalue weighted by atomic mass is 16.4. The Hall–Kier alpha value is -2.55. The minimum absolute atomic E-state index is 0.833. The van der Waals surface area contributed by atoms with Crippen LogP contribution < -0.4 is 0 Å². The van der Waals surface area contributed by atoms with E-state index in [4.69, 9.17) is 14.3 Å². The number of aliphatic carboxylic acids is 1. The van der Waals surface area contributed by atoms with Crippen LogP contribution in [-0.4, -0.2) is 11.1 Å². The highest BCUT2D eigenvalue weighted by Crippen LogP contribution is 2.12. The Morgan fingerprint density at radius 2 is 1.37 bits per heavy atom. The molecule has 3 heteroatoms. The van der Waals surface area contributed by atoms with Gasteiger partial charge in [-0.05, 0) is 12.1 Å². The van der Waals surface area contributed by atoms with Gasteiger partial charge in [0.1, 0.15) is 5.58 Å². The number of carboxylic acid groups (broad SMARTS) is 1. The second kappa shape index (κ2) is 8.53. The Kier molecular flexibility index (Phi) is 6.51. The normalized spacial score (nSPS) is 8.68. The Balaban J connectivity index is 0.000000158. The minimum atomic E-state index is -0.833. The van der Waals surface area contributed by atoms with Crippen LogP contribution in [0.1, 0.15) is 6.92 Å². The van der Waals surface area contributed by atoms with Crippen LogP contribution in [-0.2, 0) is 4.79 Å². The van der Waals surface area contributed by atoms with Gasteiger partial charge in [0.15, 0.2) is 0 Å². The smallest absolute Gasteiger partial charge is 0.300 e. The highest BCUT2D eigenvalue weighted by molar-refractivity contribution is 5.76. The third kappa shape index (κ3) is 6.68. The Morgan fingerprint density at radius 3 is 1.84 bits per heavy atom. The van der Waals surface area contributed by atoms with Crippen molar-refractivity contribution in [1.82, 2.24) is 0 Å². The van der Waals surface area contributed by atoms with Crippen LogP contribution in [0.4, 0.5) is 0 Å². The van der Waals surface area contributed by atoms with Crippen LogP contribution in [0.25, 0.3) is 11.0 Å². The van der Waals surface area contributed by atoms with Crippen molar-refractivity contribution in [2.45, 2.75) is 6.92 Å². The van der Waals surface area contributed by atoms with Crippen molar-refractivity contribution in [2.75, 3.05) is 0 Å². The van der Waals surface area contributed by atoms with Gasteiger partial charge >= 0.3 is 0 Å². The summed E-state index contributed by atoms with van der Waals surface area (Å²) in [6, 6.07) is 21.9. The van der Waals surface area contributed by atoms with Crippen LogP contribution in [0.3, 0.4) is 0 Å². The number of carbonyl (C=O) groups is 1. The molecule has 0 saturated carbocycles. The van der Waals surface area contributed by atoms with E-state index in [1.165, 1.54) is 0 Å². The lowest BCUT2D eigenvalue weighted by atomic mass is 10.3. The molecule has 0 aliphatic heterocycles. The first kappa shape index (κ1) is 14.5. The van der Waals surface area contributed by atoms with Crippen molar-refractivity contribution in [3.63, 3.8) is 0 Å². The van der Waals surface area contributed by atoms with Gasteiger partial charge in [-0.2, -0.15) is 0 Å². The molecule has 2 aromatic carbocycles. The van der Waals surface area contributed by atoms with E-state index in [0.717, 1.165) is 17.9 Å². The van der Waals surface area contributed by atoms with Gasteiger partial charge in [0.25, 0.3) is 5.97 Å². The number of hydrogen-bond donors (Lipinski definition) is 1. The molecular weight excluding hydrogens is 240 g/mol. The molecule has 0 radical (unpaired) electrons. The number of fused-ring (bicyclic) bond motifs is 1. The zero-order valence-electron chi connectivity index (χ0n) is 10.7. The van der Waals surface area contributed by atoms with Crippen LogP contribution in [0.5, 0.6) is 0 Å². The third-order valence-corrected chi connectivity index (χ3v) is 2.03. The fourth-order valence-electron chi connectivity index (χ4n) is 1.29. The standard InChI is InChI=1S/C8H6O.C6H6.C2H4O2/c1-2-4-8-7(3-1)5-6-9-8;1-2-4-6-5-3-1;1-2(3)4/h1-6H;1-6H;1H3,(H,3,4). The van der Waals surface area contributed by atoms with Gasteiger partial charge < -0.3 is 9.52 Å². The predicted octanol–water partition coefficient (Wildman–Crippen LogP) is 4.21. The lowest BCUT2D eigenvalue weighted by Gasteiger charge is -1.81. The van der Waals surface area contributed by atoms with Crippen LogP contribution in [0, 0.1) is 0 Å². The predicted molar refractivity (Wildman–Crippen MR) is 76.0 cm³/mol. The molecule has 3 aromatic rings. The number of para-hydroxylation sites is 1. The summed E-state index contributed by atoms with van der Waals surface area (Å²) in [6.07, 6.45) is 1.70. The molecule has 0 unspecified atom stereocenters. The quantitative estimate of drug-likeness (QED) is 0.655. The van der Waals surface area contributed by atoms with Crippen molar-refractivity contribution in [3.8, 4) is 0 Å². The molecule has 0 bridgehead atoms. The van der Waals surface area contributed by atoms with Gasteiger partial charge in [0, 0.05) is 12.3 Å². The molecule has 0 atom stereocenters. The summed E-state index contributed by atoms with van der Waals surface area (Å²) in [5.41, 5.74) is 0.956. The average Bonchev–Trinajstić information content (AvgIpc) is 2.89. The maximum atomic E-state index is 9.00. The van der Waals surface area contributed by atoms with E-state index in [1.54, 1.807) is 6.26 Å². The van der Waals surface area contributed by atoms with Gasteiger partial charge in [-0.15, -0.1) is 0 Å². The van der Waals surface area contributed by atoms with Crippen LogP contribution in [0.2, 0.25) is 0 Å². The minimum Gasteiger partial charge on any atom is -0.481 e. The number of carboxylic acids is 1. The van der Waals surface area contributed by atoms with Crippen LogP contribution in [0.15, 0.2) is 77.4 Å². The summed E-state index contributed by atoms with van der Waals surface area (Å²) in [7, 11) is 0. The largest absolute Gasteiger partial charge is 0.481 e. The molecule has 1 heterocycles. The topological polar surface area (TPSA) is 50.4 Å². The van der Waals surface area contributed by atoms with Gasteiger partial charge in [-0.1, -0.05) is 54.6 Å². The summed E-state index contributed by atoms with van der Waals surface area (Å²) in [6.45, 7) is 1.08. The highest BCUT2D eigenvalue weighted by Gasteiger charge is 1.89. The van der Waals surface area contributed by atoms with E-state index in [-0.39, 0.29) is 0 Å². The summed E-state index contributed by atoms with van der Waals surface area (Å²) < 4.78 is 5.12. The first-order valence-corrected chi connectivity index (χ1v) is 5.82. The second-order valence-electron chi connectivity index (χ2n) is 3.63. The summed E-state index contributed by atoms with van der Waals surface area (Å²) >= 11 is 0. The molecule has 0 fully saturated rings. The molecule has 0 aliphatic rings. The molecule has 98 valence electrons. The second-order valence-corrected chi connectivity index (χ2v) is 3.63. The molecule has 3 rings (SSSR count). The van der Waals surface area contributed by atoms with E-state index in [2.05, 4.69) is 0 Å². The fraction of sp³-hybridized carbons (Fsp3) is 0.0625. The average molecular weight is 256 g/mol. The van der Waals surface area contributed by atoms with E-state index in [9.17, 15) is 0 Å². The van der Waals surface area contributed by atoms with E-state index >= 15 is 0 Å². The first-order chi connectivity index (χ1) is 9.20. The van der Waals surface area contributed by atoms with Crippen LogP contribution >= 0.6 is 0 Å². The van der Waals surface area contributed by atoms with Crippen molar-refractivity contribution in [1.29, 1.82) is 0 Å². The lowest BCUT2D eigenvalue weighted by Crippen LogP contribution is -1.78. The Morgan fingerprint density at radius 1 is 0.895 bits per heavy atom. The molecule has 0 saturated heterocycles. The van der Waals surface area contributed by atoms with E-state index in [1.807, 2.05) is 66.7 Å². The number of rotatable bonds is 0. The molecule has 0 spiro atoms. The molecular formula is C16H16O3. The van der Waals surface area contributed by atoms with Crippen molar-refractivity contribution >= 4 is 16.9 Å². The van der Waals surface area contributed by atoms with Gasteiger partial charge in [-0.3, -0.25) is 4.79 Å². The van der Waals surface area contributed by atoms with Gasteiger partial charge in [0.2, 0.25) is 0 Å². The van der Waals surface area contributed by atoms with Gasteiger partial charge in [-0.25, -0.2) is 0 Å². The number of benzene rings is 2. The lowest BCUT2D eigenvalue weighted by molar-refractivity contribution is -0.134. The van der Waals surface area contributed by atoms with Gasteiger partial charge in [0.05, 0.1) is 6.26 Å². The Bertz CT molecular complexity index is 524. The summed E-state index contributed by atoms with van der Waals surface area (Å²) in [5, 5.41) is 8.58. The third-order valence-electron chi connectivity index (χ3n) is 2.03. The van der Waals surface area contributed by atoms with Crippen molar-refractivity contribution in [2.24, 2.45) is 0 Å². The molecule has 1 N–H and O–H groups in total. The van der Waals surface area contributed by atoms with E-state index in [0.29, 0.717) is 0 Å². The Labute approximate surface area is 112 Å². The van der Waals surface area contributed by atoms with Crippen molar-refractivity contribution < 1.29 is 14.3 Å². The summed E-state index contributed by atoms with van der Waals surface area (Å²) in [5.74, 6) is -0.833. The molecule has 0 aliphatic carbocycles. The molecule has 19 heavy (non-hydrogen) atoms. The molecule has 1 aromatic heterocycles. The summed E-state index contributed by atoms with van der Waals surface area (Å²) in [4.78, 5) is 9.00. The van der Waals surface area contributed by atoms with E-state index < -0.39 is 5.97 Å².